The minimum Gasteiger partial charge on any atom is -0.347 e. The Hall–Kier alpha value is -3.08. The number of nitrogens with one attached hydrogen (secondary N) is 2. The van der Waals surface area contributed by atoms with E-state index in [4.69, 9.17) is 0 Å². The molecule has 7 nitrogen and oxygen atoms in total. The molecule has 0 saturated carbocycles. The third-order valence-corrected chi connectivity index (χ3v) is 7.66. The molecule has 2 heterocycles. The maximum atomic E-state index is 13.3. The first-order chi connectivity index (χ1) is 15.6. The van der Waals surface area contributed by atoms with Crippen LogP contribution in [0, 0.1) is 12.7 Å². The minimum absolute atomic E-state index is 0.153. The van der Waals surface area contributed by atoms with Crippen LogP contribution in [0.15, 0.2) is 59.5 Å². The molecular weight excluding hydrogens is 463 g/mol. The number of aryl methyl sites for hydroxylation is 1. The molecule has 0 saturated heterocycles. The first kappa shape index (κ1) is 23.1. The van der Waals surface area contributed by atoms with Gasteiger partial charge in [0.1, 0.15) is 10.6 Å². The first-order valence-corrected chi connectivity index (χ1v) is 12.6. The predicted octanol–water partition coefficient (Wildman–Crippen LogP) is 4.15. The molecule has 4 rings (SSSR count). The molecule has 0 bridgehead atoms. The molecule has 0 aliphatic rings. The van der Waals surface area contributed by atoms with Crippen LogP contribution in [0.1, 0.15) is 34.8 Å². The zero-order chi connectivity index (χ0) is 23.8. The van der Waals surface area contributed by atoms with E-state index < -0.39 is 10.0 Å². The highest BCUT2D eigenvalue weighted by molar-refractivity contribution is 7.89. The van der Waals surface area contributed by atoms with E-state index in [0.717, 1.165) is 15.9 Å². The minimum atomic E-state index is -3.62. The lowest BCUT2D eigenvalue weighted by atomic mass is 10.2. The van der Waals surface area contributed by atoms with Crippen LogP contribution < -0.4 is 10.0 Å². The molecule has 10 heteroatoms. The molecule has 0 fully saturated rings. The third kappa shape index (κ3) is 4.97. The fraction of sp³-hybridized carbons (Fsp3) is 0.217. The number of hydrogen-bond donors (Lipinski definition) is 2. The number of nitrogens with zero attached hydrogens (tertiary/aromatic N) is 2. The lowest BCUT2D eigenvalue weighted by molar-refractivity contribution is 0.0955. The Morgan fingerprint density at radius 1 is 1.15 bits per heavy atom. The molecule has 0 unspecified atom stereocenters. The maximum absolute atomic E-state index is 13.3. The molecule has 4 aromatic rings. The maximum Gasteiger partial charge on any atom is 0.261 e. The van der Waals surface area contributed by atoms with Crippen molar-refractivity contribution in [2.45, 2.75) is 38.3 Å². The predicted molar refractivity (Wildman–Crippen MR) is 127 cm³/mol. The molecule has 2 aromatic carbocycles. The Balaban J connectivity index is 1.53. The van der Waals surface area contributed by atoms with Crippen molar-refractivity contribution >= 4 is 37.5 Å². The number of thiophene rings is 1. The van der Waals surface area contributed by atoms with E-state index in [1.807, 2.05) is 6.92 Å². The number of benzene rings is 2. The third-order valence-electron chi connectivity index (χ3n) is 4.89. The number of halogens is 1. The Labute approximate surface area is 195 Å². The van der Waals surface area contributed by atoms with Crippen LogP contribution >= 0.6 is 11.3 Å². The second kappa shape index (κ2) is 9.05. The molecular formula is C23H23FN4O3S2. The van der Waals surface area contributed by atoms with Gasteiger partial charge in [0.25, 0.3) is 5.91 Å². The van der Waals surface area contributed by atoms with Crippen LogP contribution in [0.3, 0.4) is 0 Å². The Kier molecular flexibility index (Phi) is 6.33. The highest BCUT2D eigenvalue weighted by atomic mass is 32.2. The van der Waals surface area contributed by atoms with Crippen LogP contribution in [0.5, 0.6) is 0 Å². The van der Waals surface area contributed by atoms with Crippen LogP contribution in [-0.4, -0.2) is 30.1 Å². The smallest absolute Gasteiger partial charge is 0.261 e. The zero-order valence-corrected chi connectivity index (χ0v) is 19.9. The first-order valence-electron chi connectivity index (χ1n) is 10.3. The summed E-state index contributed by atoms with van der Waals surface area (Å²) in [5.74, 6) is -0.600. The van der Waals surface area contributed by atoms with Crippen molar-refractivity contribution in [1.29, 1.82) is 0 Å². The zero-order valence-electron chi connectivity index (χ0n) is 18.3. The number of hydrogen-bond acceptors (Lipinski definition) is 5. The number of carbonyl (C=O) groups is 1. The van der Waals surface area contributed by atoms with Gasteiger partial charge in [0.15, 0.2) is 0 Å². The van der Waals surface area contributed by atoms with Crippen LogP contribution in [-0.2, 0) is 16.6 Å². The molecule has 33 heavy (non-hydrogen) atoms. The summed E-state index contributed by atoms with van der Waals surface area (Å²) in [7, 11) is -3.62. The normalized spacial score (nSPS) is 11.9. The van der Waals surface area contributed by atoms with Crippen molar-refractivity contribution in [3.8, 4) is 5.69 Å². The monoisotopic (exact) mass is 486 g/mol. The molecule has 172 valence electrons. The van der Waals surface area contributed by atoms with E-state index in [1.54, 1.807) is 54.9 Å². The van der Waals surface area contributed by atoms with E-state index in [0.29, 0.717) is 16.1 Å². The topological polar surface area (TPSA) is 93.1 Å². The van der Waals surface area contributed by atoms with Gasteiger partial charge in [-0.1, -0.05) is 12.1 Å². The van der Waals surface area contributed by atoms with Gasteiger partial charge in [0.2, 0.25) is 10.0 Å². The van der Waals surface area contributed by atoms with Gasteiger partial charge in [-0.15, -0.1) is 11.3 Å². The fourth-order valence-electron chi connectivity index (χ4n) is 3.39. The van der Waals surface area contributed by atoms with Crippen molar-refractivity contribution < 1.29 is 17.6 Å². The number of fused-ring (bicyclic) bond motifs is 1. The van der Waals surface area contributed by atoms with Gasteiger partial charge in [-0.25, -0.2) is 22.2 Å². The summed E-state index contributed by atoms with van der Waals surface area (Å²) in [4.78, 5) is 14.3. The summed E-state index contributed by atoms with van der Waals surface area (Å²) in [5, 5.41) is 8.20. The van der Waals surface area contributed by atoms with Gasteiger partial charge in [0.05, 0.1) is 21.2 Å². The van der Waals surface area contributed by atoms with Crippen molar-refractivity contribution in [3.05, 3.63) is 76.5 Å². The highest BCUT2D eigenvalue weighted by Gasteiger charge is 2.18. The number of amides is 1. The van der Waals surface area contributed by atoms with E-state index >= 15 is 0 Å². The van der Waals surface area contributed by atoms with Gasteiger partial charge < -0.3 is 5.32 Å². The van der Waals surface area contributed by atoms with Gasteiger partial charge in [0, 0.05) is 18.0 Å². The highest BCUT2D eigenvalue weighted by Crippen LogP contribution is 2.30. The van der Waals surface area contributed by atoms with E-state index in [2.05, 4.69) is 15.1 Å². The Bertz CT molecular complexity index is 1420. The Morgan fingerprint density at radius 3 is 2.58 bits per heavy atom. The van der Waals surface area contributed by atoms with Gasteiger partial charge in [-0.3, -0.25) is 4.79 Å². The summed E-state index contributed by atoms with van der Waals surface area (Å²) in [6.07, 6.45) is 0. The molecule has 0 radical (unpaired) electrons. The molecule has 0 spiro atoms. The summed E-state index contributed by atoms with van der Waals surface area (Å²) in [6, 6.07) is 14.0. The average molecular weight is 487 g/mol. The molecule has 2 aromatic heterocycles. The van der Waals surface area contributed by atoms with Crippen molar-refractivity contribution in [2.75, 3.05) is 0 Å². The lowest BCUT2D eigenvalue weighted by Crippen LogP contribution is -2.30. The average Bonchev–Trinajstić information content (AvgIpc) is 3.33. The van der Waals surface area contributed by atoms with Crippen LogP contribution in [0.2, 0.25) is 0 Å². The second-order valence-corrected chi connectivity index (χ2v) is 10.7. The largest absolute Gasteiger partial charge is 0.347 e. The fourth-order valence-corrected chi connectivity index (χ4v) is 5.81. The lowest BCUT2D eigenvalue weighted by Gasteiger charge is -2.11. The van der Waals surface area contributed by atoms with Gasteiger partial charge in [-0.2, -0.15) is 5.10 Å². The SMILES string of the molecule is Cc1nn(-c2ccc(F)cc2)c2sc(C(=O)NCc3cccc(S(=O)(=O)NC(C)C)c3)cc12. The number of aromatic nitrogens is 2. The second-order valence-electron chi connectivity index (χ2n) is 7.91. The van der Waals surface area contributed by atoms with Crippen molar-refractivity contribution in [3.63, 3.8) is 0 Å². The molecule has 1 amide bonds. The summed E-state index contributed by atoms with van der Waals surface area (Å²) >= 11 is 1.29. The molecule has 0 atom stereocenters. The van der Waals surface area contributed by atoms with Gasteiger partial charge in [-0.05, 0) is 68.8 Å². The van der Waals surface area contributed by atoms with Crippen LogP contribution in [0.4, 0.5) is 4.39 Å². The quantitative estimate of drug-likeness (QED) is 0.410. The summed E-state index contributed by atoms with van der Waals surface area (Å²) in [6.45, 7) is 5.54. The number of sulfonamides is 1. The van der Waals surface area contributed by atoms with Gasteiger partial charge >= 0.3 is 0 Å². The van der Waals surface area contributed by atoms with Crippen molar-refractivity contribution in [1.82, 2.24) is 19.8 Å². The van der Waals surface area contributed by atoms with E-state index in [1.165, 1.54) is 29.5 Å². The van der Waals surface area contributed by atoms with E-state index in [-0.39, 0.29) is 29.2 Å². The summed E-state index contributed by atoms with van der Waals surface area (Å²) < 4.78 is 42.3. The number of rotatable bonds is 7. The summed E-state index contributed by atoms with van der Waals surface area (Å²) in [5.41, 5.74) is 2.14. The van der Waals surface area contributed by atoms with Crippen molar-refractivity contribution in [2.24, 2.45) is 0 Å². The molecule has 0 aliphatic heterocycles. The Morgan fingerprint density at radius 2 is 1.88 bits per heavy atom. The number of carbonyl (C=O) groups excluding carboxylic acids is 1. The standard InChI is InChI=1S/C23H23FN4O3S2/c1-14(2)27-33(30,31)19-6-4-5-16(11-19)13-25-22(29)21-12-20-15(3)26-28(23(20)32-21)18-9-7-17(24)8-10-18/h4-12,14,27H,13H2,1-3H3,(H,25,29). The molecule has 2 N–H and O–H groups in total. The molecule has 0 aliphatic carbocycles. The van der Waals surface area contributed by atoms with E-state index in [9.17, 15) is 17.6 Å². The van der Waals surface area contributed by atoms with Crippen LogP contribution in [0.25, 0.3) is 15.9 Å².